The van der Waals surface area contributed by atoms with Crippen LogP contribution in [0.4, 0.5) is 0 Å². The number of hydrogen-bond acceptors (Lipinski definition) is 2. The Hall–Kier alpha value is 0.313. The molecule has 0 bridgehead atoms. The Kier molecular flexibility index (Phi) is 153. The first-order valence-corrected chi connectivity index (χ1v) is 4.38. The minimum Gasteiger partial charge on any atom is -0.479 e. The van der Waals surface area contributed by atoms with Gasteiger partial charge in [0.25, 0.3) is 0 Å². The molecular formula is C11H26O3Zr. The van der Waals surface area contributed by atoms with Crippen LogP contribution in [0.2, 0.25) is 0 Å². The third-order valence-electron chi connectivity index (χ3n) is 0.357. The number of hydrogen-bond donors (Lipinski definition) is 2. The Morgan fingerprint density at radius 2 is 1.00 bits per heavy atom. The standard InChI is InChI=1S/C3H6O3.4C2H5.Zr/c1-2(4)3(5)6;4*1-2;/h2,4H,1H3,(H,5,6);4*1H2,2H3;/q;4*-1;+4. The second kappa shape index (κ2) is 63.7. The van der Waals surface area contributed by atoms with Crippen LogP contribution in [0.3, 0.4) is 0 Å². The average Bonchev–Trinajstić information content (AvgIpc) is 2.29. The fourth-order valence-electron chi connectivity index (χ4n) is 0. The molecule has 0 aromatic rings. The van der Waals surface area contributed by atoms with Crippen molar-refractivity contribution in [3.05, 3.63) is 27.7 Å². The normalized spacial score (nSPS) is 7.07. The Labute approximate surface area is 115 Å². The number of carbonyl (C=O) groups is 1. The summed E-state index contributed by atoms with van der Waals surface area (Å²) in [4.78, 5) is 9.45. The largest absolute Gasteiger partial charge is 4.00 e. The molecule has 0 spiro atoms. The zero-order chi connectivity index (χ0) is 13.2. The molecule has 0 amide bonds. The van der Waals surface area contributed by atoms with Crippen molar-refractivity contribution in [2.24, 2.45) is 0 Å². The molecule has 1 unspecified atom stereocenters. The van der Waals surface area contributed by atoms with Crippen LogP contribution in [-0.4, -0.2) is 22.3 Å². The predicted molar refractivity (Wildman–Crippen MR) is 63.4 cm³/mol. The molecule has 0 saturated heterocycles. The monoisotopic (exact) mass is 296 g/mol. The molecule has 92 valence electrons. The van der Waals surface area contributed by atoms with Crippen molar-refractivity contribution in [1.29, 1.82) is 0 Å². The van der Waals surface area contributed by atoms with Crippen LogP contribution in [0.15, 0.2) is 0 Å². The van der Waals surface area contributed by atoms with Crippen LogP contribution in [-0.2, 0) is 31.0 Å². The molecular weight excluding hydrogens is 271 g/mol. The summed E-state index contributed by atoms with van der Waals surface area (Å²) in [7, 11) is 0. The summed E-state index contributed by atoms with van der Waals surface area (Å²) in [5.74, 6) is -1.19. The summed E-state index contributed by atoms with van der Waals surface area (Å²) in [5, 5.41) is 15.8. The third-order valence-corrected chi connectivity index (χ3v) is 0.357. The van der Waals surface area contributed by atoms with Gasteiger partial charge in [-0.25, -0.2) is 4.79 Å². The Morgan fingerprint density at radius 1 is 0.933 bits per heavy atom. The summed E-state index contributed by atoms with van der Waals surface area (Å²) in [6, 6.07) is 0. The van der Waals surface area contributed by atoms with E-state index in [1.807, 2.05) is 0 Å². The average molecular weight is 298 g/mol. The Bertz CT molecular complexity index is 66.9. The van der Waals surface area contributed by atoms with Gasteiger partial charge in [-0.2, -0.15) is 27.7 Å². The molecule has 0 heterocycles. The molecule has 0 aliphatic heterocycles. The summed E-state index contributed by atoms with van der Waals surface area (Å²) < 4.78 is 0. The first kappa shape index (κ1) is 36.2. The molecule has 0 aromatic carbocycles. The van der Waals surface area contributed by atoms with E-state index in [0.29, 0.717) is 0 Å². The van der Waals surface area contributed by atoms with Gasteiger partial charge in [-0.05, 0) is 6.92 Å². The quantitative estimate of drug-likeness (QED) is 0.732. The maximum absolute atomic E-state index is 9.45. The van der Waals surface area contributed by atoms with Crippen molar-refractivity contribution in [3.8, 4) is 0 Å². The van der Waals surface area contributed by atoms with Gasteiger partial charge in [0, 0.05) is 0 Å². The van der Waals surface area contributed by atoms with Gasteiger partial charge < -0.3 is 37.9 Å². The van der Waals surface area contributed by atoms with Gasteiger partial charge in [0.15, 0.2) is 0 Å². The molecule has 2 N–H and O–H groups in total. The van der Waals surface area contributed by atoms with E-state index in [1.54, 1.807) is 27.7 Å². The Balaban J connectivity index is -0.0000000194. The number of aliphatic carboxylic acids is 1. The smallest absolute Gasteiger partial charge is 0.479 e. The van der Waals surface area contributed by atoms with Gasteiger partial charge in [-0.1, -0.05) is 0 Å². The van der Waals surface area contributed by atoms with Gasteiger partial charge in [-0.15, -0.1) is 0 Å². The number of aliphatic hydroxyl groups is 1. The summed E-state index contributed by atoms with van der Waals surface area (Å²) >= 11 is 0. The van der Waals surface area contributed by atoms with E-state index in [2.05, 4.69) is 27.7 Å². The molecule has 15 heavy (non-hydrogen) atoms. The van der Waals surface area contributed by atoms with Crippen LogP contribution in [0.5, 0.6) is 0 Å². The molecule has 0 fully saturated rings. The van der Waals surface area contributed by atoms with Crippen LogP contribution >= 0.6 is 0 Å². The first-order chi connectivity index (χ1) is 6.64. The van der Waals surface area contributed by atoms with E-state index in [1.165, 1.54) is 6.92 Å². The minimum absolute atomic E-state index is 0. The third kappa shape index (κ3) is 117. The number of carboxylic acid groups (broad SMARTS) is 1. The van der Waals surface area contributed by atoms with Crippen molar-refractivity contribution in [2.75, 3.05) is 0 Å². The molecule has 0 radical (unpaired) electrons. The van der Waals surface area contributed by atoms with Gasteiger partial charge in [0.05, 0.1) is 0 Å². The summed E-state index contributed by atoms with van der Waals surface area (Å²) in [6.07, 6.45) is -1.23. The molecule has 0 aliphatic rings. The van der Waals surface area contributed by atoms with E-state index < -0.39 is 12.1 Å². The van der Waals surface area contributed by atoms with Crippen molar-refractivity contribution >= 4 is 5.97 Å². The van der Waals surface area contributed by atoms with Gasteiger partial charge in [0.1, 0.15) is 6.10 Å². The van der Waals surface area contributed by atoms with Gasteiger partial charge in [0.2, 0.25) is 0 Å². The van der Waals surface area contributed by atoms with Crippen LogP contribution < -0.4 is 0 Å². The van der Waals surface area contributed by atoms with Crippen molar-refractivity contribution in [2.45, 2.75) is 40.7 Å². The van der Waals surface area contributed by atoms with E-state index >= 15 is 0 Å². The van der Waals surface area contributed by atoms with E-state index in [0.717, 1.165) is 0 Å². The summed E-state index contributed by atoms with van der Waals surface area (Å²) in [5.41, 5.74) is 0. The molecule has 4 heteroatoms. The van der Waals surface area contributed by atoms with Crippen molar-refractivity contribution < 1.29 is 41.2 Å². The molecule has 0 aliphatic carbocycles. The number of rotatable bonds is 1. The predicted octanol–water partition coefficient (Wildman–Crippen LogP) is 2.81. The zero-order valence-corrected chi connectivity index (χ0v) is 13.2. The fraction of sp³-hybridized carbons (Fsp3) is 0.545. The zero-order valence-electron chi connectivity index (χ0n) is 10.7. The van der Waals surface area contributed by atoms with Crippen molar-refractivity contribution in [3.63, 3.8) is 0 Å². The van der Waals surface area contributed by atoms with Crippen LogP contribution in [0.25, 0.3) is 0 Å². The SMILES string of the molecule is CC(O)C(=O)O.[CH2-]C.[CH2-]C.[CH2-]C.[CH2-]C.[Zr+4]. The fourth-order valence-corrected chi connectivity index (χ4v) is 0. The molecule has 3 nitrogen and oxygen atoms in total. The molecule has 0 rings (SSSR count). The second-order valence-electron chi connectivity index (χ2n) is 1.01. The topological polar surface area (TPSA) is 57.5 Å². The van der Waals surface area contributed by atoms with Crippen LogP contribution in [0, 0.1) is 27.7 Å². The maximum atomic E-state index is 9.45. The van der Waals surface area contributed by atoms with E-state index in [-0.39, 0.29) is 26.2 Å². The van der Waals surface area contributed by atoms with E-state index in [9.17, 15) is 4.79 Å². The first-order valence-electron chi connectivity index (χ1n) is 4.38. The van der Waals surface area contributed by atoms with E-state index in [4.69, 9.17) is 10.2 Å². The Morgan fingerprint density at radius 3 is 1.00 bits per heavy atom. The molecule has 1 atom stereocenters. The van der Waals surface area contributed by atoms with Crippen LogP contribution in [0.1, 0.15) is 34.6 Å². The van der Waals surface area contributed by atoms with Crippen molar-refractivity contribution in [1.82, 2.24) is 0 Å². The van der Waals surface area contributed by atoms with Gasteiger partial charge in [-0.3, -0.25) is 0 Å². The molecule has 0 saturated carbocycles. The van der Waals surface area contributed by atoms with Gasteiger partial charge >= 0.3 is 32.2 Å². The minimum atomic E-state index is -1.23. The molecule has 0 aromatic heterocycles. The summed E-state index contributed by atoms with van der Waals surface area (Å²) in [6.45, 7) is 21.2. The second-order valence-corrected chi connectivity index (χ2v) is 1.01. The maximum Gasteiger partial charge on any atom is 4.00 e. The number of carboxylic acids is 1. The number of aliphatic hydroxyl groups excluding tert-OH is 1.